The van der Waals surface area contributed by atoms with E-state index in [1.54, 1.807) is 13.3 Å². The summed E-state index contributed by atoms with van der Waals surface area (Å²) in [7, 11) is 5.51. The Morgan fingerprint density at radius 3 is 2.00 bits per heavy atom. The van der Waals surface area contributed by atoms with Gasteiger partial charge < -0.3 is 10.6 Å². The first-order valence-electron chi connectivity index (χ1n) is 2.62. The monoisotopic (exact) mass is 115 g/mol. The second kappa shape index (κ2) is 4.74. The molecule has 0 bridgehead atoms. The Balaban J connectivity index is 3.36. The summed E-state index contributed by atoms with van der Waals surface area (Å²) < 4.78 is 0. The van der Waals surface area contributed by atoms with E-state index >= 15 is 0 Å². The predicted octanol–water partition coefficient (Wildman–Crippen LogP) is -0.548. The Labute approximate surface area is 50.2 Å². The first kappa shape index (κ1) is 7.59. The summed E-state index contributed by atoms with van der Waals surface area (Å²) in [6.07, 6.45) is 2.01. The van der Waals surface area contributed by atoms with E-state index in [0.29, 0.717) is 0 Å². The lowest BCUT2D eigenvalue weighted by molar-refractivity contribution is 0.626. The molecule has 0 aromatic carbocycles. The van der Waals surface area contributed by atoms with Crippen LogP contribution in [0, 0.1) is 0 Å². The van der Waals surface area contributed by atoms with Crippen molar-refractivity contribution >= 4 is 6.21 Å². The Kier molecular flexibility index (Phi) is 4.50. The third-order valence-corrected chi connectivity index (χ3v) is 0.920. The normalized spacial score (nSPS) is 11.5. The van der Waals surface area contributed by atoms with E-state index in [1.165, 1.54) is 0 Å². The average molecular weight is 115 g/mol. The molecule has 0 aromatic heterocycles. The van der Waals surface area contributed by atoms with Gasteiger partial charge in [0.2, 0.25) is 0 Å². The summed E-state index contributed by atoms with van der Waals surface area (Å²) in [5, 5.41) is 5.98. The summed E-state index contributed by atoms with van der Waals surface area (Å²) in [5.41, 5.74) is 0. The van der Waals surface area contributed by atoms with Crippen molar-refractivity contribution < 1.29 is 0 Å². The average Bonchev–Trinajstić information content (AvgIpc) is 1.83. The molecule has 3 nitrogen and oxygen atoms in total. The van der Waals surface area contributed by atoms with Crippen LogP contribution < -0.4 is 10.6 Å². The standard InChI is InChI=1S/C5H13N3/c1-6-4-5(7-2)8-3/h4-5,7-8H,1-3H3. The van der Waals surface area contributed by atoms with Crippen molar-refractivity contribution in [1.82, 2.24) is 10.6 Å². The topological polar surface area (TPSA) is 36.4 Å². The molecule has 0 aliphatic rings. The van der Waals surface area contributed by atoms with E-state index in [-0.39, 0.29) is 6.17 Å². The van der Waals surface area contributed by atoms with Crippen LogP contribution in [0.25, 0.3) is 0 Å². The zero-order valence-corrected chi connectivity index (χ0v) is 5.60. The molecule has 0 unspecified atom stereocenters. The molecule has 2 N–H and O–H groups in total. The van der Waals surface area contributed by atoms with Gasteiger partial charge in [-0.15, -0.1) is 0 Å². The van der Waals surface area contributed by atoms with E-state index in [1.807, 2.05) is 14.1 Å². The van der Waals surface area contributed by atoms with Crippen molar-refractivity contribution in [2.24, 2.45) is 4.99 Å². The second-order valence-electron chi connectivity index (χ2n) is 1.46. The molecule has 0 heterocycles. The number of nitrogens with one attached hydrogen (secondary N) is 2. The maximum Gasteiger partial charge on any atom is 0.0930 e. The number of hydrogen-bond acceptors (Lipinski definition) is 3. The van der Waals surface area contributed by atoms with Crippen LogP contribution in [0.4, 0.5) is 0 Å². The molecule has 48 valence electrons. The van der Waals surface area contributed by atoms with Gasteiger partial charge in [-0.2, -0.15) is 0 Å². The molecule has 0 saturated carbocycles. The van der Waals surface area contributed by atoms with Crippen LogP contribution in [-0.4, -0.2) is 33.5 Å². The van der Waals surface area contributed by atoms with E-state index < -0.39 is 0 Å². The van der Waals surface area contributed by atoms with Crippen LogP contribution in [0.3, 0.4) is 0 Å². The molecule has 0 spiro atoms. The van der Waals surface area contributed by atoms with Gasteiger partial charge in [0.15, 0.2) is 0 Å². The second-order valence-corrected chi connectivity index (χ2v) is 1.46. The molecule has 0 atom stereocenters. The number of nitrogens with zero attached hydrogens (tertiary/aromatic N) is 1. The largest absolute Gasteiger partial charge is 0.300 e. The van der Waals surface area contributed by atoms with Gasteiger partial charge in [-0.1, -0.05) is 0 Å². The zero-order valence-electron chi connectivity index (χ0n) is 5.60. The van der Waals surface area contributed by atoms with Crippen molar-refractivity contribution in [3.05, 3.63) is 0 Å². The molecule has 8 heavy (non-hydrogen) atoms. The van der Waals surface area contributed by atoms with Crippen LogP contribution in [0.1, 0.15) is 0 Å². The van der Waals surface area contributed by atoms with Crippen LogP contribution in [0.2, 0.25) is 0 Å². The predicted molar refractivity (Wildman–Crippen MR) is 36.3 cm³/mol. The number of hydrogen-bond donors (Lipinski definition) is 2. The quantitative estimate of drug-likeness (QED) is 0.382. The van der Waals surface area contributed by atoms with E-state index in [9.17, 15) is 0 Å². The van der Waals surface area contributed by atoms with Gasteiger partial charge in [0.05, 0.1) is 6.17 Å². The van der Waals surface area contributed by atoms with Gasteiger partial charge in [-0.3, -0.25) is 4.99 Å². The highest BCUT2D eigenvalue weighted by Crippen LogP contribution is 1.64. The zero-order chi connectivity index (χ0) is 6.41. The maximum atomic E-state index is 3.83. The molecule has 0 fully saturated rings. The molecule has 0 amide bonds. The van der Waals surface area contributed by atoms with Crippen molar-refractivity contribution in [3.8, 4) is 0 Å². The van der Waals surface area contributed by atoms with Gasteiger partial charge in [0.1, 0.15) is 0 Å². The summed E-state index contributed by atoms with van der Waals surface area (Å²) in [6, 6.07) is 0. The molecule has 0 aliphatic heterocycles. The first-order chi connectivity index (χ1) is 3.85. The van der Waals surface area contributed by atoms with Gasteiger partial charge in [-0.25, -0.2) is 0 Å². The Morgan fingerprint density at radius 1 is 1.38 bits per heavy atom. The number of rotatable bonds is 3. The summed E-state index contributed by atoms with van der Waals surface area (Å²) in [6.45, 7) is 0. The fraction of sp³-hybridized carbons (Fsp3) is 0.800. The highest BCUT2D eigenvalue weighted by Gasteiger charge is 1.91. The molecule has 0 saturated heterocycles. The van der Waals surface area contributed by atoms with E-state index in [0.717, 1.165) is 0 Å². The summed E-state index contributed by atoms with van der Waals surface area (Å²) >= 11 is 0. The van der Waals surface area contributed by atoms with Crippen molar-refractivity contribution in [2.45, 2.75) is 6.17 Å². The lowest BCUT2D eigenvalue weighted by atomic mass is 10.5. The third kappa shape index (κ3) is 2.71. The minimum atomic E-state index is 0.208. The number of aliphatic imine (C=N–C) groups is 1. The van der Waals surface area contributed by atoms with Gasteiger partial charge in [-0.05, 0) is 14.1 Å². The molecule has 0 aliphatic carbocycles. The molecule has 3 heteroatoms. The van der Waals surface area contributed by atoms with Crippen LogP contribution in [-0.2, 0) is 0 Å². The van der Waals surface area contributed by atoms with Crippen LogP contribution >= 0.6 is 0 Å². The first-order valence-corrected chi connectivity index (χ1v) is 2.62. The maximum absolute atomic E-state index is 3.83. The van der Waals surface area contributed by atoms with Gasteiger partial charge in [0.25, 0.3) is 0 Å². The molecular weight excluding hydrogens is 102 g/mol. The molecular formula is C5H13N3. The van der Waals surface area contributed by atoms with E-state index in [4.69, 9.17) is 0 Å². The highest BCUT2D eigenvalue weighted by atomic mass is 15.1. The Bertz CT molecular complexity index is 66.1. The van der Waals surface area contributed by atoms with Crippen molar-refractivity contribution in [1.29, 1.82) is 0 Å². The Morgan fingerprint density at radius 2 is 1.88 bits per heavy atom. The SMILES string of the molecule is CN=CC(NC)NC. The minimum absolute atomic E-state index is 0.208. The fourth-order valence-corrected chi connectivity index (χ4v) is 0.442. The van der Waals surface area contributed by atoms with Gasteiger partial charge >= 0.3 is 0 Å². The van der Waals surface area contributed by atoms with Crippen LogP contribution in [0.15, 0.2) is 4.99 Å². The highest BCUT2D eigenvalue weighted by molar-refractivity contribution is 5.63. The lowest BCUT2D eigenvalue weighted by Gasteiger charge is -2.06. The van der Waals surface area contributed by atoms with Crippen molar-refractivity contribution in [3.63, 3.8) is 0 Å². The Hall–Kier alpha value is -0.410. The summed E-state index contributed by atoms with van der Waals surface area (Å²) in [5.74, 6) is 0. The minimum Gasteiger partial charge on any atom is -0.300 e. The van der Waals surface area contributed by atoms with Gasteiger partial charge in [0, 0.05) is 13.3 Å². The van der Waals surface area contributed by atoms with Crippen molar-refractivity contribution in [2.75, 3.05) is 21.1 Å². The van der Waals surface area contributed by atoms with E-state index in [2.05, 4.69) is 15.6 Å². The third-order valence-electron chi connectivity index (χ3n) is 0.920. The van der Waals surface area contributed by atoms with Crippen LogP contribution in [0.5, 0.6) is 0 Å². The molecule has 0 rings (SSSR count). The molecule has 0 radical (unpaired) electrons. The molecule has 0 aromatic rings. The summed E-state index contributed by atoms with van der Waals surface area (Å²) in [4.78, 5) is 3.83. The lowest BCUT2D eigenvalue weighted by Crippen LogP contribution is -2.38. The smallest absolute Gasteiger partial charge is 0.0930 e. The fourth-order valence-electron chi connectivity index (χ4n) is 0.442.